The molecule has 1 fully saturated rings. The van der Waals surface area contributed by atoms with E-state index in [2.05, 4.69) is 11.9 Å². The zero-order valence-corrected chi connectivity index (χ0v) is 18.9. The molecule has 8 nitrogen and oxygen atoms in total. The van der Waals surface area contributed by atoms with E-state index in [9.17, 15) is 18.8 Å². The molecule has 1 aliphatic rings. The van der Waals surface area contributed by atoms with Gasteiger partial charge in [0.2, 0.25) is 0 Å². The molecule has 2 aromatic rings. The molecule has 4 N–H and O–H groups in total. The summed E-state index contributed by atoms with van der Waals surface area (Å²) in [6.45, 7) is 2.13. The number of anilines is 1. The fourth-order valence-corrected chi connectivity index (χ4v) is 3.95. The van der Waals surface area contributed by atoms with Crippen LogP contribution in [0.25, 0.3) is 5.70 Å². The Kier molecular flexibility index (Phi) is 7.33. The van der Waals surface area contributed by atoms with Gasteiger partial charge in [0.25, 0.3) is 11.5 Å². The number of nitrogens with two attached hydrogens (primary N) is 2. The lowest BCUT2D eigenvalue weighted by molar-refractivity contribution is -0.0116. The summed E-state index contributed by atoms with van der Waals surface area (Å²) in [6, 6.07) is 8.45. The number of hydrazine groups is 1. The number of piperidine rings is 1. The lowest BCUT2D eigenvalue weighted by Gasteiger charge is -2.34. The number of aryl methyl sites for hydroxylation is 1. The summed E-state index contributed by atoms with van der Waals surface area (Å²) in [6.07, 6.45) is 3.71. The molecule has 0 atom stereocenters. The zero-order chi connectivity index (χ0) is 24.2. The summed E-state index contributed by atoms with van der Waals surface area (Å²) in [5, 5.41) is 10.9. The van der Waals surface area contributed by atoms with Gasteiger partial charge in [0.15, 0.2) is 5.69 Å². The van der Waals surface area contributed by atoms with Gasteiger partial charge in [0.1, 0.15) is 6.07 Å². The predicted octanol–water partition coefficient (Wildman–Crippen LogP) is 2.44. The fraction of sp³-hybridized carbons (Fsp3) is 0.435. The van der Waals surface area contributed by atoms with Crippen LogP contribution in [-0.4, -0.2) is 40.6 Å². The number of hydrogen-bond donors (Lipinski definition) is 2. The van der Waals surface area contributed by atoms with E-state index in [0.29, 0.717) is 24.4 Å². The number of allylic oxidation sites excluding steroid dienone is 1. The van der Waals surface area contributed by atoms with Crippen molar-refractivity contribution in [3.8, 4) is 6.07 Å². The number of hydrogen-bond acceptors (Lipinski definition) is 7. The van der Waals surface area contributed by atoms with E-state index < -0.39 is 12.5 Å². The van der Waals surface area contributed by atoms with Gasteiger partial charge in [-0.2, -0.15) is 5.26 Å². The molecule has 0 amide bonds. The van der Waals surface area contributed by atoms with Gasteiger partial charge in [-0.25, -0.2) is 19.6 Å². The summed E-state index contributed by atoms with van der Waals surface area (Å²) >= 11 is 0. The van der Waals surface area contributed by atoms with E-state index in [4.69, 9.17) is 11.6 Å². The molecule has 3 heterocycles. The maximum absolute atomic E-state index is 13.9. The molecule has 0 radical (unpaired) electrons. The quantitative estimate of drug-likeness (QED) is 0.484. The molecule has 0 unspecified atom stereocenters. The maximum atomic E-state index is 13.9. The van der Waals surface area contributed by atoms with Gasteiger partial charge >= 0.3 is 0 Å². The first kappa shape index (κ1) is 24.2. The summed E-state index contributed by atoms with van der Waals surface area (Å²) in [5.74, 6) is 3.20. The first-order valence-corrected chi connectivity index (χ1v) is 10.9. The molecule has 0 saturated carbocycles. The van der Waals surface area contributed by atoms with E-state index in [0.717, 1.165) is 18.4 Å². The molecule has 0 bridgehead atoms. The summed E-state index contributed by atoms with van der Waals surface area (Å²) in [5.41, 5.74) is 8.44. The van der Waals surface area contributed by atoms with Crippen LogP contribution < -0.4 is 22.0 Å². The van der Waals surface area contributed by atoms with Crippen LogP contribution in [0.4, 0.5) is 14.5 Å². The highest BCUT2D eigenvalue weighted by Crippen LogP contribution is 2.31. The van der Waals surface area contributed by atoms with Crippen LogP contribution in [0.2, 0.25) is 0 Å². The Morgan fingerprint density at radius 1 is 1.33 bits per heavy atom. The SMILES string of the molecule is CCCc1ccc(=O)n(C/C(=C(/N)c2ccc(N3CCCC(F)(F)C3)c(C#N)n2)N(C)N)c1. The minimum Gasteiger partial charge on any atom is -0.395 e. The highest BCUT2D eigenvalue weighted by atomic mass is 19.3. The largest absolute Gasteiger partial charge is 0.395 e. The number of nitriles is 1. The van der Waals surface area contributed by atoms with Crippen molar-refractivity contribution in [3.05, 3.63) is 63.5 Å². The van der Waals surface area contributed by atoms with E-state index >= 15 is 0 Å². The van der Waals surface area contributed by atoms with Gasteiger partial charge < -0.3 is 20.2 Å². The predicted molar refractivity (Wildman–Crippen MR) is 123 cm³/mol. The van der Waals surface area contributed by atoms with Crippen molar-refractivity contribution < 1.29 is 8.78 Å². The third-order valence-corrected chi connectivity index (χ3v) is 5.63. The van der Waals surface area contributed by atoms with E-state index in [1.807, 2.05) is 6.07 Å². The highest BCUT2D eigenvalue weighted by Gasteiger charge is 2.36. The Balaban J connectivity index is 1.97. The third kappa shape index (κ3) is 5.68. The van der Waals surface area contributed by atoms with Crippen molar-refractivity contribution in [2.45, 2.75) is 45.1 Å². The molecule has 0 aromatic carbocycles. The minimum absolute atomic E-state index is 0.00860. The Bertz CT molecular complexity index is 1130. The zero-order valence-electron chi connectivity index (χ0n) is 18.9. The number of pyridine rings is 2. The molecule has 2 aromatic heterocycles. The summed E-state index contributed by atoms with van der Waals surface area (Å²) in [7, 11) is 1.60. The van der Waals surface area contributed by atoms with Crippen molar-refractivity contribution >= 4 is 11.4 Å². The van der Waals surface area contributed by atoms with Gasteiger partial charge in [-0.15, -0.1) is 0 Å². The number of halogens is 2. The van der Waals surface area contributed by atoms with Gasteiger partial charge in [0, 0.05) is 32.3 Å². The minimum atomic E-state index is -2.81. The first-order chi connectivity index (χ1) is 15.6. The molecule has 176 valence electrons. The highest BCUT2D eigenvalue weighted by molar-refractivity contribution is 5.67. The van der Waals surface area contributed by atoms with Crippen molar-refractivity contribution in [1.29, 1.82) is 5.26 Å². The van der Waals surface area contributed by atoms with Crippen LogP contribution in [0, 0.1) is 11.3 Å². The van der Waals surface area contributed by atoms with Crippen LogP contribution >= 0.6 is 0 Å². The molecular weight excluding hydrogens is 428 g/mol. The molecule has 3 rings (SSSR count). The van der Waals surface area contributed by atoms with Gasteiger partial charge in [-0.05, 0) is 30.5 Å². The topological polar surface area (TPSA) is 117 Å². The Hall–Kier alpha value is -3.45. The molecular formula is C23H29F2N7O. The monoisotopic (exact) mass is 457 g/mol. The number of rotatable bonds is 7. The first-order valence-electron chi connectivity index (χ1n) is 10.9. The van der Waals surface area contributed by atoms with Crippen LogP contribution in [0.15, 0.2) is 41.0 Å². The average molecular weight is 458 g/mol. The van der Waals surface area contributed by atoms with Gasteiger partial charge in [0.05, 0.1) is 35.9 Å². The molecule has 1 aliphatic heterocycles. The van der Waals surface area contributed by atoms with Crippen LogP contribution in [0.3, 0.4) is 0 Å². The standard InChI is InChI=1S/C23H29F2N7O/c1-3-5-16-6-9-21(33)32(13-16)14-20(30(2)28)22(27)17-7-8-19(18(12-26)29-17)31-11-4-10-23(24,25)15-31/h6-9,13H,3-5,10-11,14-15,27-28H2,1-2H3/b22-20-. The van der Waals surface area contributed by atoms with E-state index in [1.54, 1.807) is 31.4 Å². The van der Waals surface area contributed by atoms with Gasteiger partial charge in [-0.1, -0.05) is 19.4 Å². The Labute approximate surface area is 191 Å². The van der Waals surface area contributed by atoms with Crippen molar-refractivity contribution in [2.24, 2.45) is 11.6 Å². The van der Waals surface area contributed by atoms with Crippen LogP contribution in [0.5, 0.6) is 0 Å². The Morgan fingerprint density at radius 2 is 2.09 bits per heavy atom. The van der Waals surface area contributed by atoms with Gasteiger partial charge in [-0.3, -0.25) is 4.79 Å². The lowest BCUT2D eigenvalue weighted by atomic mass is 10.1. The van der Waals surface area contributed by atoms with E-state index in [-0.39, 0.29) is 35.6 Å². The smallest absolute Gasteiger partial charge is 0.265 e. The fourth-order valence-electron chi connectivity index (χ4n) is 3.95. The summed E-state index contributed by atoms with van der Waals surface area (Å²) in [4.78, 5) is 18.2. The van der Waals surface area contributed by atoms with E-state index in [1.165, 1.54) is 20.5 Å². The van der Waals surface area contributed by atoms with Crippen LogP contribution in [0.1, 0.15) is 43.1 Å². The van der Waals surface area contributed by atoms with Crippen molar-refractivity contribution in [2.75, 3.05) is 25.0 Å². The normalized spacial score (nSPS) is 16.2. The number of aromatic nitrogens is 2. The molecule has 10 heteroatoms. The van der Waals surface area contributed by atoms with Crippen molar-refractivity contribution in [3.63, 3.8) is 0 Å². The molecule has 33 heavy (non-hydrogen) atoms. The van der Waals surface area contributed by atoms with Crippen molar-refractivity contribution in [1.82, 2.24) is 14.6 Å². The summed E-state index contributed by atoms with van der Waals surface area (Å²) < 4.78 is 29.3. The molecule has 0 aliphatic carbocycles. The molecule has 0 spiro atoms. The number of nitrogens with zero attached hydrogens (tertiary/aromatic N) is 5. The maximum Gasteiger partial charge on any atom is 0.265 e. The average Bonchev–Trinajstić information content (AvgIpc) is 2.77. The number of likely N-dealkylation sites (N-methyl/N-ethyl adjacent to an activating group) is 1. The molecule has 1 saturated heterocycles. The second-order valence-corrected chi connectivity index (χ2v) is 8.28. The Morgan fingerprint density at radius 3 is 2.73 bits per heavy atom. The number of alkyl halides is 2. The lowest BCUT2D eigenvalue weighted by Crippen LogP contribution is -2.43. The third-order valence-electron chi connectivity index (χ3n) is 5.63. The van der Waals surface area contributed by atoms with Crippen LogP contribution in [-0.2, 0) is 13.0 Å². The second kappa shape index (κ2) is 10.0. The second-order valence-electron chi connectivity index (χ2n) is 8.28.